The number of ether oxygens (including phenoxy) is 2. The fourth-order valence-electron chi connectivity index (χ4n) is 7.58. The van der Waals surface area contributed by atoms with Crippen molar-refractivity contribution in [1.82, 2.24) is 0 Å². The highest BCUT2D eigenvalue weighted by molar-refractivity contribution is 6.25. The number of imide groups is 1. The van der Waals surface area contributed by atoms with Crippen LogP contribution in [0.15, 0.2) is 76.9 Å². The molecule has 4 atom stereocenters. The predicted octanol–water partition coefficient (Wildman–Crippen LogP) is 3.87. The zero-order chi connectivity index (χ0) is 30.0. The number of benzene rings is 2. The fourth-order valence-corrected chi connectivity index (χ4v) is 7.58. The van der Waals surface area contributed by atoms with Crippen LogP contribution < -0.4 is 14.5 Å². The molecule has 9 nitrogen and oxygen atoms in total. The Morgan fingerprint density at radius 2 is 1.65 bits per heavy atom. The van der Waals surface area contributed by atoms with Crippen molar-refractivity contribution in [3.05, 3.63) is 82.5 Å². The highest BCUT2D eigenvalue weighted by Crippen LogP contribution is 2.57. The number of carbonyl (C=O) groups excluding carboxylic acids is 4. The summed E-state index contributed by atoms with van der Waals surface area (Å²) in [7, 11) is 1.49. The van der Waals surface area contributed by atoms with E-state index in [0.717, 1.165) is 24.4 Å². The molecule has 0 aromatic heterocycles. The van der Waals surface area contributed by atoms with Crippen LogP contribution in [0.4, 0.5) is 11.4 Å². The molecule has 43 heavy (non-hydrogen) atoms. The quantitative estimate of drug-likeness (QED) is 0.330. The molecule has 0 radical (unpaired) electrons. The molecule has 0 spiro atoms. The lowest BCUT2D eigenvalue weighted by Crippen LogP contribution is -2.40. The second kappa shape index (κ2) is 10.3. The molecule has 2 saturated heterocycles. The third-order valence-electron chi connectivity index (χ3n) is 9.60. The second-order valence-corrected chi connectivity index (χ2v) is 11.7. The Morgan fingerprint density at radius 1 is 0.930 bits per heavy atom. The van der Waals surface area contributed by atoms with E-state index in [9.17, 15) is 24.3 Å². The van der Waals surface area contributed by atoms with Crippen LogP contribution in [0.1, 0.15) is 31.2 Å². The largest absolute Gasteiger partial charge is 0.507 e. The number of phenols is 1. The van der Waals surface area contributed by atoms with Gasteiger partial charge in [-0.2, -0.15) is 0 Å². The van der Waals surface area contributed by atoms with Crippen molar-refractivity contribution in [2.45, 2.75) is 25.7 Å². The summed E-state index contributed by atoms with van der Waals surface area (Å²) >= 11 is 0. The van der Waals surface area contributed by atoms with E-state index in [0.29, 0.717) is 53.4 Å². The third kappa shape index (κ3) is 4.17. The maximum Gasteiger partial charge on any atom is 0.238 e. The van der Waals surface area contributed by atoms with E-state index in [2.05, 4.69) is 4.90 Å². The summed E-state index contributed by atoms with van der Waals surface area (Å²) in [5, 5.41) is 11.1. The monoisotopic (exact) mass is 580 g/mol. The number of hydrogen-bond acceptors (Lipinski definition) is 8. The van der Waals surface area contributed by atoms with Crippen molar-refractivity contribution in [2.75, 3.05) is 43.2 Å². The van der Waals surface area contributed by atoms with Gasteiger partial charge >= 0.3 is 0 Å². The van der Waals surface area contributed by atoms with Gasteiger partial charge in [-0.15, -0.1) is 0 Å². The smallest absolute Gasteiger partial charge is 0.238 e. The summed E-state index contributed by atoms with van der Waals surface area (Å²) in [6, 6.07) is 12.3. The zero-order valence-electron chi connectivity index (χ0n) is 24.0. The zero-order valence-corrected chi connectivity index (χ0v) is 24.0. The number of Topliss-reactive ketones (excluding diaryl/α,β-unsaturated/α-hetero) is 1. The number of rotatable bonds is 4. The van der Waals surface area contributed by atoms with E-state index in [1.807, 2.05) is 18.2 Å². The molecule has 7 rings (SSSR count). The van der Waals surface area contributed by atoms with Gasteiger partial charge in [0.15, 0.2) is 11.6 Å². The molecule has 2 fully saturated rings. The molecule has 5 aliphatic rings. The van der Waals surface area contributed by atoms with Crippen molar-refractivity contribution in [2.24, 2.45) is 17.8 Å². The first-order valence-electron chi connectivity index (χ1n) is 14.7. The van der Waals surface area contributed by atoms with E-state index < -0.39 is 23.7 Å². The summed E-state index contributed by atoms with van der Waals surface area (Å²) < 4.78 is 11.1. The molecule has 2 aromatic rings. The third-order valence-corrected chi connectivity index (χ3v) is 9.60. The lowest BCUT2D eigenvalue weighted by Gasteiger charge is -2.42. The topological polar surface area (TPSA) is 113 Å². The summed E-state index contributed by atoms with van der Waals surface area (Å²) in [6.45, 7) is 4.47. The minimum absolute atomic E-state index is 0.0665. The summed E-state index contributed by atoms with van der Waals surface area (Å²) in [5.41, 5.74) is 3.65. The van der Waals surface area contributed by atoms with E-state index in [1.165, 1.54) is 24.2 Å². The van der Waals surface area contributed by atoms with Crippen molar-refractivity contribution in [3.63, 3.8) is 0 Å². The molecular formula is C34H32N2O7. The minimum atomic E-state index is -0.782. The number of ketones is 2. The van der Waals surface area contributed by atoms with Crippen LogP contribution in [0.3, 0.4) is 0 Å². The van der Waals surface area contributed by atoms with Crippen LogP contribution >= 0.6 is 0 Å². The van der Waals surface area contributed by atoms with Gasteiger partial charge in [-0.1, -0.05) is 17.7 Å². The minimum Gasteiger partial charge on any atom is -0.507 e. The number of nitrogens with zero attached hydrogens (tertiary/aromatic N) is 2. The summed E-state index contributed by atoms with van der Waals surface area (Å²) in [6.07, 6.45) is 3.77. The van der Waals surface area contributed by atoms with E-state index in [-0.39, 0.29) is 35.6 Å². The van der Waals surface area contributed by atoms with Crippen molar-refractivity contribution in [1.29, 1.82) is 0 Å². The molecule has 9 heteroatoms. The maximum atomic E-state index is 14.2. The number of fused-ring (bicyclic) bond motifs is 3. The molecule has 2 aliphatic heterocycles. The highest BCUT2D eigenvalue weighted by atomic mass is 16.5. The Labute approximate surface area is 249 Å². The second-order valence-electron chi connectivity index (χ2n) is 11.7. The summed E-state index contributed by atoms with van der Waals surface area (Å²) in [4.78, 5) is 58.5. The molecule has 0 bridgehead atoms. The molecule has 1 N–H and O–H groups in total. The van der Waals surface area contributed by atoms with E-state index >= 15 is 0 Å². The SMILES string of the molecule is COc1cccc(O)c1C1C2=CCC3C(=O)N(c4ccc(N5CCOCC5)cc4)C(=O)C3C2CC2=C1C(=O)C(C)=CC2=O. The number of hydrogen-bond donors (Lipinski definition) is 1. The first kappa shape index (κ1) is 27.3. The molecule has 3 aliphatic carbocycles. The Balaban J connectivity index is 1.29. The number of carbonyl (C=O) groups is 4. The first-order chi connectivity index (χ1) is 20.8. The molecule has 2 aromatic carbocycles. The van der Waals surface area contributed by atoms with Gasteiger partial charge in [-0.05, 0) is 68.2 Å². The average molecular weight is 581 g/mol. The van der Waals surface area contributed by atoms with Gasteiger partial charge in [0.25, 0.3) is 0 Å². The molecule has 0 saturated carbocycles. The number of amides is 2. The Morgan fingerprint density at radius 3 is 2.37 bits per heavy atom. The van der Waals surface area contributed by atoms with Gasteiger partial charge in [0.2, 0.25) is 11.8 Å². The maximum absolute atomic E-state index is 14.2. The Hall–Kier alpha value is -4.50. The predicted molar refractivity (Wildman–Crippen MR) is 158 cm³/mol. The number of anilines is 2. The molecule has 2 amide bonds. The van der Waals surface area contributed by atoms with Gasteiger partial charge < -0.3 is 19.5 Å². The van der Waals surface area contributed by atoms with Crippen molar-refractivity contribution >= 4 is 34.8 Å². The van der Waals surface area contributed by atoms with Crippen molar-refractivity contribution < 1.29 is 33.8 Å². The van der Waals surface area contributed by atoms with Gasteiger partial charge in [0, 0.05) is 47.0 Å². The van der Waals surface area contributed by atoms with Crippen molar-refractivity contribution in [3.8, 4) is 11.5 Å². The Bertz CT molecular complexity index is 1660. The molecule has 2 heterocycles. The van der Waals surface area contributed by atoms with Crippen LogP contribution in [-0.4, -0.2) is 61.9 Å². The molecular weight excluding hydrogens is 548 g/mol. The number of phenolic OH excluding ortho intramolecular Hbond substituents is 1. The number of morpholine rings is 1. The van der Waals surface area contributed by atoms with Gasteiger partial charge in [0.05, 0.1) is 37.8 Å². The Kier molecular flexibility index (Phi) is 6.58. The number of allylic oxidation sites excluding steroid dienone is 6. The van der Waals surface area contributed by atoms with Crippen LogP contribution in [0, 0.1) is 17.8 Å². The lowest BCUT2D eigenvalue weighted by molar-refractivity contribution is -0.123. The fraction of sp³-hybridized carbons (Fsp3) is 0.353. The molecule has 4 unspecified atom stereocenters. The highest BCUT2D eigenvalue weighted by Gasteiger charge is 2.57. The van der Waals surface area contributed by atoms with E-state index in [4.69, 9.17) is 9.47 Å². The first-order valence-corrected chi connectivity index (χ1v) is 14.7. The summed E-state index contributed by atoms with van der Waals surface area (Å²) in [5.74, 6) is -3.36. The number of methoxy groups -OCH3 is 1. The van der Waals surface area contributed by atoms with Crippen LogP contribution in [-0.2, 0) is 23.9 Å². The van der Waals surface area contributed by atoms with Gasteiger partial charge in [-0.3, -0.25) is 24.1 Å². The normalized spacial score (nSPS) is 27.0. The standard InChI is InChI=1S/C34H32N2O7/c1-18-16-26(38)24-17-23-21(29(30(24)32(18)39)31-25(37)4-3-5-27(31)42-2)10-11-22-28(23)34(41)36(33(22)40)20-8-6-19(7-9-20)35-12-14-43-15-13-35/h3-10,16,22-23,28-29,37H,11-15,17H2,1-2H3. The van der Waals surface area contributed by atoms with E-state index in [1.54, 1.807) is 31.2 Å². The number of aromatic hydroxyl groups is 1. The van der Waals surface area contributed by atoms with Gasteiger partial charge in [0.1, 0.15) is 11.5 Å². The van der Waals surface area contributed by atoms with Gasteiger partial charge in [-0.25, -0.2) is 0 Å². The van der Waals surface area contributed by atoms with Crippen LogP contribution in [0.25, 0.3) is 0 Å². The van der Waals surface area contributed by atoms with Crippen LogP contribution in [0.2, 0.25) is 0 Å². The average Bonchev–Trinajstić information content (AvgIpc) is 3.28. The van der Waals surface area contributed by atoms with Crippen LogP contribution in [0.5, 0.6) is 11.5 Å². The molecule has 220 valence electrons. The lowest BCUT2D eigenvalue weighted by atomic mass is 9.59.